The second-order valence-corrected chi connectivity index (χ2v) is 6.77. The van der Waals surface area contributed by atoms with E-state index in [2.05, 4.69) is 38.7 Å². The molecular formula is C20H25ClN4O. The molecule has 2 aromatic rings. The predicted octanol–water partition coefficient (Wildman–Crippen LogP) is 2.97. The van der Waals surface area contributed by atoms with Crippen LogP contribution in [0.5, 0.6) is 0 Å². The Morgan fingerprint density at radius 2 is 1.96 bits per heavy atom. The second kappa shape index (κ2) is 8.52. The lowest BCUT2D eigenvalue weighted by Gasteiger charge is -2.29. The Morgan fingerprint density at radius 1 is 1.15 bits per heavy atom. The van der Waals surface area contributed by atoms with Gasteiger partial charge in [0.05, 0.1) is 17.8 Å². The van der Waals surface area contributed by atoms with Crippen LogP contribution < -0.4 is 15.5 Å². The topological polar surface area (TPSA) is 57.3 Å². The average molecular weight is 373 g/mol. The largest absolute Gasteiger partial charge is 0.368 e. The fourth-order valence-electron chi connectivity index (χ4n) is 3.81. The fourth-order valence-corrected chi connectivity index (χ4v) is 3.81. The van der Waals surface area contributed by atoms with Crippen molar-refractivity contribution < 1.29 is 4.79 Å². The molecule has 0 radical (unpaired) electrons. The number of piperazine rings is 1. The van der Waals surface area contributed by atoms with Crippen LogP contribution in [0.1, 0.15) is 29.9 Å². The van der Waals surface area contributed by atoms with Crippen molar-refractivity contribution in [1.82, 2.24) is 10.3 Å². The summed E-state index contributed by atoms with van der Waals surface area (Å²) in [5.74, 6) is 0.612. The highest BCUT2D eigenvalue weighted by atomic mass is 35.5. The van der Waals surface area contributed by atoms with Gasteiger partial charge in [-0.05, 0) is 42.5 Å². The number of aromatic nitrogens is 1. The zero-order valence-corrected chi connectivity index (χ0v) is 15.6. The number of pyridine rings is 1. The van der Waals surface area contributed by atoms with E-state index in [1.54, 1.807) is 0 Å². The normalized spacial score (nSPS) is 19.2. The van der Waals surface area contributed by atoms with Crippen LogP contribution in [0.3, 0.4) is 0 Å². The van der Waals surface area contributed by atoms with E-state index in [0.717, 1.165) is 51.1 Å². The SMILES string of the molecule is Cl.O=C(Nc1ccc(N2CCNCC2)cn1)C1CCCc2ccccc21. The van der Waals surface area contributed by atoms with Crippen LogP contribution in [0.15, 0.2) is 42.6 Å². The molecule has 4 rings (SSSR count). The summed E-state index contributed by atoms with van der Waals surface area (Å²) in [4.78, 5) is 19.5. The van der Waals surface area contributed by atoms with Gasteiger partial charge in [-0.25, -0.2) is 4.98 Å². The van der Waals surface area contributed by atoms with Gasteiger partial charge in [0.25, 0.3) is 0 Å². The maximum Gasteiger partial charge on any atom is 0.233 e. The standard InChI is InChI=1S/C20H24N4O.ClH/c25-20(18-7-3-5-15-4-1-2-6-17(15)18)23-19-9-8-16(14-22-19)24-12-10-21-11-13-24;/h1-2,4,6,8-9,14,18,21H,3,5,7,10-13H2,(H,22,23,25);1H. The molecule has 26 heavy (non-hydrogen) atoms. The number of benzene rings is 1. The number of nitrogens with zero attached hydrogens (tertiary/aromatic N) is 2. The van der Waals surface area contributed by atoms with E-state index in [-0.39, 0.29) is 24.2 Å². The predicted molar refractivity (Wildman–Crippen MR) is 107 cm³/mol. The minimum atomic E-state index is -0.0698. The van der Waals surface area contributed by atoms with Gasteiger partial charge in [0.15, 0.2) is 0 Å². The molecule has 1 atom stereocenters. The number of aryl methyl sites for hydroxylation is 1. The lowest BCUT2D eigenvalue weighted by Crippen LogP contribution is -2.43. The molecule has 1 aromatic carbocycles. The van der Waals surface area contributed by atoms with E-state index < -0.39 is 0 Å². The van der Waals surface area contributed by atoms with Crippen molar-refractivity contribution in [2.24, 2.45) is 0 Å². The molecule has 5 nitrogen and oxygen atoms in total. The molecule has 1 fully saturated rings. The summed E-state index contributed by atoms with van der Waals surface area (Å²) in [5.41, 5.74) is 3.59. The molecule has 1 aromatic heterocycles. The van der Waals surface area contributed by atoms with Crippen LogP contribution in [0, 0.1) is 0 Å². The van der Waals surface area contributed by atoms with Crippen LogP contribution in [0.2, 0.25) is 0 Å². The molecule has 0 bridgehead atoms. The Labute approximate surface area is 160 Å². The summed E-state index contributed by atoms with van der Waals surface area (Å²) in [6.07, 6.45) is 4.89. The third-order valence-corrected chi connectivity index (χ3v) is 5.17. The first-order valence-electron chi connectivity index (χ1n) is 9.11. The molecule has 138 valence electrons. The highest BCUT2D eigenvalue weighted by Gasteiger charge is 2.26. The summed E-state index contributed by atoms with van der Waals surface area (Å²) in [6, 6.07) is 12.2. The zero-order valence-electron chi connectivity index (χ0n) is 14.8. The second-order valence-electron chi connectivity index (χ2n) is 6.77. The Morgan fingerprint density at radius 3 is 2.73 bits per heavy atom. The number of hydrogen-bond donors (Lipinski definition) is 2. The Hall–Kier alpha value is -2.11. The summed E-state index contributed by atoms with van der Waals surface area (Å²) < 4.78 is 0. The van der Waals surface area contributed by atoms with Crippen molar-refractivity contribution in [2.75, 3.05) is 36.4 Å². The fraction of sp³-hybridized carbons (Fsp3) is 0.400. The number of hydrogen-bond acceptors (Lipinski definition) is 4. The summed E-state index contributed by atoms with van der Waals surface area (Å²) in [6.45, 7) is 3.98. The number of amides is 1. The first-order valence-corrected chi connectivity index (χ1v) is 9.11. The quantitative estimate of drug-likeness (QED) is 0.869. The zero-order chi connectivity index (χ0) is 17.1. The number of rotatable bonds is 3. The van der Waals surface area contributed by atoms with Crippen LogP contribution in [0.25, 0.3) is 0 Å². The molecule has 1 aliphatic heterocycles. The van der Waals surface area contributed by atoms with Crippen molar-refractivity contribution in [3.8, 4) is 0 Å². The van der Waals surface area contributed by atoms with Gasteiger partial charge in [-0.2, -0.15) is 0 Å². The maximum atomic E-state index is 12.7. The minimum Gasteiger partial charge on any atom is -0.368 e. The third kappa shape index (κ3) is 4.00. The number of carbonyl (C=O) groups is 1. The molecule has 6 heteroatoms. The van der Waals surface area contributed by atoms with Gasteiger partial charge in [0.1, 0.15) is 5.82 Å². The number of halogens is 1. The molecular weight excluding hydrogens is 348 g/mol. The first kappa shape index (κ1) is 18.7. The van der Waals surface area contributed by atoms with Gasteiger partial charge in [-0.15, -0.1) is 12.4 Å². The summed E-state index contributed by atoms with van der Waals surface area (Å²) >= 11 is 0. The molecule has 2 aliphatic rings. The summed E-state index contributed by atoms with van der Waals surface area (Å²) in [5, 5.41) is 6.35. The number of anilines is 2. The molecule has 2 N–H and O–H groups in total. The molecule has 0 spiro atoms. The van der Waals surface area contributed by atoms with E-state index in [1.165, 1.54) is 11.1 Å². The van der Waals surface area contributed by atoms with Crippen molar-refractivity contribution >= 4 is 29.8 Å². The lowest BCUT2D eigenvalue weighted by atomic mass is 9.82. The number of carbonyl (C=O) groups excluding carboxylic acids is 1. The van der Waals surface area contributed by atoms with E-state index in [4.69, 9.17) is 0 Å². The van der Waals surface area contributed by atoms with Crippen LogP contribution in [-0.4, -0.2) is 37.1 Å². The lowest BCUT2D eigenvalue weighted by molar-refractivity contribution is -0.117. The van der Waals surface area contributed by atoms with Gasteiger partial charge in [0, 0.05) is 26.2 Å². The number of fused-ring (bicyclic) bond motifs is 1. The third-order valence-electron chi connectivity index (χ3n) is 5.17. The Bertz CT molecular complexity index is 744. The van der Waals surface area contributed by atoms with Gasteiger partial charge < -0.3 is 15.5 Å². The molecule has 1 unspecified atom stereocenters. The Balaban J connectivity index is 0.00000196. The van der Waals surface area contributed by atoms with Crippen LogP contribution in [0.4, 0.5) is 11.5 Å². The first-order chi connectivity index (χ1) is 12.3. The van der Waals surface area contributed by atoms with Crippen molar-refractivity contribution in [1.29, 1.82) is 0 Å². The highest BCUT2D eigenvalue weighted by molar-refractivity contribution is 5.95. The van der Waals surface area contributed by atoms with Gasteiger partial charge in [0.2, 0.25) is 5.91 Å². The smallest absolute Gasteiger partial charge is 0.233 e. The monoisotopic (exact) mass is 372 g/mol. The number of nitrogens with one attached hydrogen (secondary N) is 2. The van der Waals surface area contributed by atoms with Gasteiger partial charge >= 0.3 is 0 Å². The maximum absolute atomic E-state index is 12.7. The molecule has 1 amide bonds. The average Bonchev–Trinajstić information content (AvgIpc) is 2.69. The molecule has 2 heterocycles. The van der Waals surface area contributed by atoms with Crippen LogP contribution in [-0.2, 0) is 11.2 Å². The van der Waals surface area contributed by atoms with E-state index in [0.29, 0.717) is 5.82 Å². The van der Waals surface area contributed by atoms with Crippen molar-refractivity contribution in [2.45, 2.75) is 25.2 Å². The van der Waals surface area contributed by atoms with E-state index in [9.17, 15) is 4.79 Å². The van der Waals surface area contributed by atoms with E-state index in [1.807, 2.05) is 24.4 Å². The summed E-state index contributed by atoms with van der Waals surface area (Å²) in [7, 11) is 0. The highest BCUT2D eigenvalue weighted by Crippen LogP contribution is 2.32. The van der Waals surface area contributed by atoms with Gasteiger partial charge in [-0.1, -0.05) is 24.3 Å². The van der Waals surface area contributed by atoms with Crippen LogP contribution >= 0.6 is 12.4 Å². The van der Waals surface area contributed by atoms with Gasteiger partial charge in [-0.3, -0.25) is 4.79 Å². The molecule has 1 aliphatic carbocycles. The van der Waals surface area contributed by atoms with Crippen molar-refractivity contribution in [3.63, 3.8) is 0 Å². The van der Waals surface area contributed by atoms with Crippen molar-refractivity contribution in [3.05, 3.63) is 53.7 Å². The molecule has 0 saturated carbocycles. The Kier molecular flexibility index (Phi) is 6.12. The van der Waals surface area contributed by atoms with E-state index >= 15 is 0 Å². The molecule has 1 saturated heterocycles. The minimum absolute atomic E-state index is 0.